The molecule has 0 spiro atoms. The molecule has 0 aliphatic carbocycles. The molecule has 9 heteroatoms. The number of amides is 2. The van der Waals surface area contributed by atoms with Gasteiger partial charge in [0.2, 0.25) is 11.8 Å². The molecule has 156 valence electrons. The van der Waals surface area contributed by atoms with E-state index in [-0.39, 0.29) is 24.0 Å². The average Bonchev–Trinajstić information content (AvgIpc) is 2.72. The van der Waals surface area contributed by atoms with E-state index in [1.807, 2.05) is 37.3 Å². The SMILES string of the molecule is CCOCCOC(=O)CC1C(=O)NCCN1C(=S)NC(=O)C=Cc1ccccc1. The molecule has 29 heavy (non-hydrogen) atoms. The topological polar surface area (TPSA) is 97.0 Å². The largest absolute Gasteiger partial charge is 0.463 e. The zero-order chi connectivity index (χ0) is 21.1. The van der Waals surface area contributed by atoms with Crippen LogP contribution in [0.5, 0.6) is 0 Å². The van der Waals surface area contributed by atoms with E-state index in [0.29, 0.717) is 26.3 Å². The molecule has 1 unspecified atom stereocenters. The van der Waals surface area contributed by atoms with E-state index in [9.17, 15) is 14.4 Å². The molecule has 0 aromatic heterocycles. The summed E-state index contributed by atoms with van der Waals surface area (Å²) >= 11 is 5.29. The first kappa shape index (κ1) is 22.5. The zero-order valence-corrected chi connectivity index (χ0v) is 17.1. The summed E-state index contributed by atoms with van der Waals surface area (Å²) in [7, 11) is 0. The Morgan fingerprint density at radius 3 is 2.79 bits per heavy atom. The van der Waals surface area contributed by atoms with Gasteiger partial charge in [-0.3, -0.25) is 19.7 Å². The highest BCUT2D eigenvalue weighted by molar-refractivity contribution is 7.80. The van der Waals surface area contributed by atoms with E-state index >= 15 is 0 Å². The van der Waals surface area contributed by atoms with Crippen molar-refractivity contribution in [3.63, 3.8) is 0 Å². The quantitative estimate of drug-likeness (QED) is 0.279. The summed E-state index contributed by atoms with van der Waals surface area (Å²) in [6, 6.07) is 8.51. The van der Waals surface area contributed by atoms with Gasteiger partial charge in [-0.15, -0.1) is 0 Å². The molecule has 1 aromatic rings. The Morgan fingerprint density at radius 2 is 2.07 bits per heavy atom. The molecule has 0 bridgehead atoms. The van der Waals surface area contributed by atoms with Crippen molar-refractivity contribution < 1.29 is 23.9 Å². The fourth-order valence-corrected chi connectivity index (χ4v) is 3.01. The summed E-state index contributed by atoms with van der Waals surface area (Å²) in [4.78, 5) is 38.0. The third-order valence-electron chi connectivity index (χ3n) is 4.10. The van der Waals surface area contributed by atoms with E-state index in [1.165, 1.54) is 11.0 Å². The van der Waals surface area contributed by atoms with Gasteiger partial charge in [0.15, 0.2) is 5.11 Å². The lowest BCUT2D eigenvalue weighted by atomic mass is 10.1. The molecule has 2 amide bonds. The van der Waals surface area contributed by atoms with Gasteiger partial charge >= 0.3 is 5.97 Å². The molecule has 0 radical (unpaired) electrons. The second kappa shape index (κ2) is 11.9. The maximum atomic E-state index is 12.2. The number of piperazine rings is 1. The number of ether oxygens (including phenoxy) is 2. The number of esters is 1. The molecule has 8 nitrogen and oxygen atoms in total. The van der Waals surface area contributed by atoms with Crippen LogP contribution < -0.4 is 10.6 Å². The molecule has 2 rings (SSSR count). The fraction of sp³-hybridized carbons (Fsp3) is 0.400. The zero-order valence-electron chi connectivity index (χ0n) is 16.3. The molecular formula is C20H25N3O5S. The number of hydrogen-bond acceptors (Lipinski definition) is 6. The smallest absolute Gasteiger partial charge is 0.308 e. The Kier molecular flexibility index (Phi) is 9.26. The third-order valence-corrected chi connectivity index (χ3v) is 4.44. The minimum atomic E-state index is -0.839. The third kappa shape index (κ3) is 7.63. The predicted octanol–water partition coefficient (Wildman–Crippen LogP) is 0.871. The van der Waals surface area contributed by atoms with Crippen molar-refractivity contribution in [1.82, 2.24) is 15.5 Å². The lowest BCUT2D eigenvalue weighted by Gasteiger charge is -2.36. The summed E-state index contributed by atoms with van der Waals surface area (Å²) in [5.41, 5.74) is 0.874. The van der Waals surface area contributed by atoms with Crippen LogP contribution in [0.15, 0.2) is 36.4 Å². The maximum absolute atomic E-state index is 12.2. The second-order valence-corrected chi connectivity index (χ2v) is 6.55. The van der Waals surface area contributed by atoms with Gasteiger partial charge in [-0.05, 0) is 30.8 Å². The van der Waals surface area contributed by atoms with Gasteiger partial charge in [-0.2, -0.15) is 0 Å². The van der Waals surface area contributed by atoms with E-state index in [2.05, 4.69) is 10.6 Å². The summed E-state index contributed by atoms with van der Waals surface area (Å²) in [6.07, 6.45) is 2.85. The van der Waals surface area contributed by atoms with E-state index < -0.39 is 17.9 Å². The summed E-state index contributed by atoms with van der Waals surface area (Å²) in [5.74, 6) is -1.29. The van der Waals surface area contributed by atoms with Gasteiger partial charge in [-0.25, -0.2) is 0 Å². The Balaban J connectivity index is 1.91. The van der Waals surface area contributed by atoms with Gasteiger partial charge in [0.1, 0.15) is 12.6 Å². The van der Waals surface area contributed by atoms with Crippen molar-refractivity contribution >= 4 is 41.2 Å². The Labute approximate surface area is 175 Å². The average molecular weight is 420 g/mol. The first-order valence-corrected chi connectivity index (χ1v) is 9.78. The predicted molar refractivity (Wildman–Crippen MR) is 112 cm³/mol. The number of hydrogen-bond donors (Lipinski definition) is 2. The van der Waals surface area contributed by atoms with E-state index in [0.717, 1.165) is 5.56 Å². The Hall–Kier alpha value is -2.78. The highest BCUT2D eigenvalue weighted by atomic mass is 32.1. The Morgan fingerprint density at radius 1 is 1.31 bits per heavy atom. The Bertz CT molecular complexity index is 754. The lowest BCUT2D eigenvalue weighted by molar-refractivity contribution is -0.148. The van der Waals surface area contributed by atoms with Crippen LogP contribution >= 0.6 is 12.2 Å². The molecule has 2 N–H and O–H groups in total. The molecule has 1 aliphatic heterocycles. The minimum Gasteiger partial charge on any atom is -0.463 e. The highest BCUT2D eigenvalue weighted by Gasteiger charge is 2.34. The van der Waals surface area contributed by atoms with Crippen LogP contribution in [0.3, 0.4) is 0 Å². The van der Waals surface area contributed by atoms with Crippen LogP contribution in [0, 0.1) is 0 Å². The van der Waals surface area contributed by atoms with Crippen molar-refractivity contribution in [2.45, 2.75) is 19.4 Å². The lowest BCUT2D eigenvalue weighted by Crippen LogP contribution is -2.60. The van der Waals surface area contributed by atoms with Gasteiger partial charge < -0.3 is 19.7 Å². The van der Waals surface area contributed by atoms with Crippen LogP contribution in [0.25, 0.3) is 6.08 Å². The van der Waals surface area contributed by atoms with Crippen LogP contribution in [0.4, 0.5) is 0 Å². The van der Waals surface area contributed by atoms with Crippen molar-refractivity contribution in [3.05, 3.63) is 42.0 Å². The highest BCUT2D eigenvalue weighted by Crippen LogP contribution is 2.11. The van der Waals surface area contributed by atoms with E-state index in [4.69, 9.17) is 21.7 Å². The van der Waals surface area contributed by atoms with Crippen LogP contribution in [0.2, 0.25) is 0 Å². The van der Waals surface area contributed by atoms with Gasteiger partial charge in [0, 0.05) is 25.8 Å². The summed E-state index contributed by atoms with van der Waals surface area (Å²) in [5, 5.41) is 5.37. The van der Waals surface area contributed by atoms with E-state index in [1.54, 1.807) is 6.08 Å². The number of benzene rings is 1. The number of carbonyl (C=O) groups excluding carboxylic acids is 3. The van der Waals surface area contributed by atoms with Crippen molar-refractivity contribution in [1.29, 1.82) is 0 Å². The molecule has 1 aromatic carbocycles. The van der Waals surface area contributed by atoms with Crippen LogP contribution in [0.1, 0.15) is 18.9 Å². The minimum absolute atomic E-state index is 0.0923. The molecule has 1 aliphatic rings. The van der Waals surface area contributed by atoms with Crippen molar-refractivity contribution in [2.75, 3.05) is 32.9 Å². The number of thiocarbonyl (C=S) groups is 1. The van der Waals surface area contributed by atoms with Gasteiger partial charge in [-0.1, -0.05) is 30.3 Å². The van der Waals surface area contributed by atoms with Crippen molar-refractivity contribution in [3.8, 4) is 0 Å². The first-order chi connectivity index (χ1) is 14.0. The van der Waals surface area contributed by atoms with Crippen molar-refractivity contribution in [2.24, 2.45) is 0 Å². The second-order valence-electron chi connectivity index (χ2n) is 6.16. The monoisotopic (exact) mass is 419 g/mol. The summed E-state index contributed by atoms with van der Waals surface area (Å²) in [6.45, 7) is 3.53. The number of carbonyl (C=O) groups is 3. The van der Waals surface area contributed by atoms with Crippen LogP contribution in [-0.2, 0) is 23.9 Å². The molecule has 1 atom stereocenters. The fourth-order valence-electron chi connectivity index (χ4n) is 2.69. The summed E-state index contributed by atoms with van der Waals surface area (Å²) < 4.78 is 10.2. The van der Waals surface area contributed by atoms with Gasteiger partial charge in [0.05, 0.1) is 13.0 Å². The standard InChI is InChI=1S/C20H25N3O5S/c1-2-27-12-13-28-18(25)14-16-19(26)21-10-11-23(16)20(29)22-17(24)9-8-15-6-4-3-5-7-15/h3-9,16H,2,10-14H2,1H3,(H,21,26)(H,22,24,29). The maximum Gasteiger partial charge on any atom is 0.308 e. The molecule has 0 saturated carbocycles. The van der Waals surface area contributed by atoms with Crippen LogP contribution in [-0.4, -0.2) is 66.7 Å². The number of nitrogens with one attached hydrogen (secondary N) is 2. The molecular weight excluding hydrogens is 394 g/mol. The number of nitrogens with zero attached hydrogens (tertiary/aromatic N) is 1. The molecule has 1 heterocycles. The number of rotatable bonds is 8. The molecule has 1 fully saturated rings. The molecule has 1 saturated heterocycles. The normalized spacial score (nSPS) is 16.4. The first-order valence-electron chi connectivity index (χ1n) is 9.37. The van der Waals surface area contributed by atoms with Gasteiger partial charge in [0.25, 0.3) is 0 Å².